The first-order valence-corrected chi connectivity index (χ1v) is 15.2. The number of sulfonamides is 1. The number of nitrogens with zero attached hydrogens (tertiary/aromatic N) is 2. The lowest BCUT2D eigenvalue weighted by Gasteiger charge is -2.33. The molecule has 1 N–H and O–H groups in total. The molecule has 0 spiro atoms. The molecule has 0 aliphatic carbocycles. The van der Waals surface area contributed by atoms with Crippen LogP contribution in [0.4, 0.5) is 5.69 Å². The van der Waals surface area contributed by atoms with E-state index in [9.17, 15) is 18.0 Å². The Hall–Kier alpha value is -3.36. The van der Waals surface area contributed by atoms with E-state index in [1.165, 1.54) is 17.0 Å². The van der Waals surface area contributed by atoms with Crippen LogP contribution in [0.5, 0.6) is 0 Å². The molecule has 2 amide bonds. The molecule has 0 aliphatic rings. The van der Waals surface area contributed by atoms with Gasteiger partial charge < -0.3 is 10.2 Å². The standard InChI is InChI=1S/C31H38ClN3O4S/c1-6-29(31(37)33-19-22(2)3)34(20-25-11-7-23(4)8-12-25)30(36)21-35(27-15-13-26(32)14-16-27)40(38,39)28-17-9-24(5)10-18-28/h7-18,22,29H,6,19-21H2,1-5H3,(H,33,37). The van der Waals surface area contributed by atoms with Crippen molar-refractivity contribution in [3.8, 4) is 0 Å². The summed E-state index contributed by atoms with van der Waals surface area (Å²) in [5.74, 6) is -0.517. The molecule has 214 valence electrons. The van der Waals surface area contributed by atoms with Crippen molar-refractivity contribution in [1.29, 1.82) is 0 Å². The predicted octanol–water partition coefficient (Wildman–Crippen LogP) is 5.73. The van der Waals surface area contributed by atoms with E-state index < -0.39 is 28.5 Å². The quantitative estimate of drug-likeness (QED) is 0.295. The van der Waals surface area contributed by atoms with E-state index in [-0.39, 0.29) is 23.3 Å². The SMILES string of the molecule is CCC(C(=O)NCC(C)C)N(Cc1ccc(C)cc1)C(=O)CN(c1ccc(Cl)cc1)S(=O)(=O)c1ccc(C)cc1. The average molecular weight is 584 g/mol. The van der Waals surface area contributed by atoms with Crippen LogP contribution >= 0.6 is 11.6 Å². The largest absolute Gasteiger partial charge is 0.354 e. The lowest BCUT2D eigenvalue weighted by Crippen LogP contribution is -2.52. The first-order valence-electron chi connectivity index (χ1n) is 13.4. The molecule has 7 nitrogen and oxygen atoms in total. The van der Waals surface area contributed by atoms with Crippen molar-refractivity contribution in [3.05, 3.63) is 94.5 Å². The van der Waals surface area contributed by atoms with Crippen LogP contribution in [0.15, 0.2) is 77.7 Å². The van der Waals surface area contributed by atoms with E-state index in [2.05, 4.69) is 5.32 Å². The van der Waals surface area contributed by atoms with Gasteiger partial charge in [0, 0.05) is 18.1 Å². The van der Waals surface area contributed by atoms with Gasteiger partial charge in [0.05, 0.1) is 10.6 Å². The van der Waals surface area contributed by atoms with Crippen LogP contribution in [0, 0.1) is 19.8 Å². The second-order valence-corrected chi connectivity index (χ2v) is 12.7. The summed E-state index contributed by atoms with van der Waals surface area (Å²) in [6.07, 6.45) is 0.368. The minimum atomic E-state index is -4.12. The molecule has 1 atom stereocenters. The van der Waals surface area contributed by atoms with Crippen molar-refractivity contribution < 1.29 is 18.0 Å². The number of carbonyl (C=O) groups excluding carboxylic acids is 2. The van der Waals surface area contributed by atoms with E-state index in [1.807, 2.05) is 58.9 Å². The van der Waals surface area contributed by atoms with E-state index in [0.717, 1.165) is 21.0 Å². The molecule has 0 radical (unpaired) electrons. The lowest BCUT2D eigenvalue weighted by molar-refractivity contribution is -0.140. The first-order chi connectivity index (χ1) is 18.9. The molecule has 40 heavy (non-hydrogen) atoms. The average Bonchev–Trinajstić information content (AvgIpc) is 2.92. The highest BCUT2D eigenvalue weighted by Crippen LogP contribution is 2.26. The van der Waals surface area contributed by atoms with Crippen LogP contribution in [0.3, 0.4) is 0 Å². The van der Waals surface area contributed by atoms with E-state index in [4.69, 9.17) is 11.6 Å². The monoisotopic (exact) mass is 583 g/mol. The summed E-state index contributed by atoms with van der Waals surface area (Å²) >= 11 is 6.08. The number of benzene rings is 3. The van der Waals surface area contributed by atoms with Crippen LogP contribution in [-0.2, 0) is 26.2 Å². The molecular formula is C31H38ClN3O4S. The normalized spacial score (nSPS) is 12.2. The van der Waals surface area contributed by atoms with Crippen LogP contribution in [0.2, 0.25) is 5.02 Å². The summed E-state index contributed by atoms with van der Waals surface area (Å²) in [6, 6.07) is 19.7. The first kappa shape index (κ1) is 31.2. The second-order valence-electron chi connectivity index (χ2n) is 10.4. The van der Waals surface area contributed by atoms with Gasteiger partial charge in [0.15, 0.2) is 0 Å². The number of nitrogens with one attached hydrogen (secondary N) is 1. The molecule has 0 fully saturated rings. The Bertz CT molecular complexity index is 1390. The number of aryl methyl sites for hydroxylation is 2. The number of rotatable bonds is 12. The summed E-state index contributed by atoms with van der Waals surface area (Å²) in [5.41, 5.74) is 3.12. The fourth-order valence-corrected chi connectivity index (χ4v) is 5.75. The van der Waals surface area contributed by atoms with Gasteiger partial charge in [-0.05, 0) is 68.1 Å². The van der Waals surface area contributed by atoms with Crippen LogP contribution < -0.4 is 9.62 Å². The van der Waals surface area contributed by atoms with Gasteiger partial charge in [0.1, 0.15) is 12.6 Å². The third-order valence-corrected chi connectivity index (χ3v) is 8.59. The van der Waals surface area contributed by atoms with E-state index in [0.29, 0.717) is 23.7 Å². The fraction of sp³-hybridized carbons (Fsp3) is 0.355. The maximum Gasteiger partial charge on any atom is 0.264 e. The summed E-state index contributed by atoms with van der Waals surface area (Å²) in [4.78, 5) is 28.9. The highest BCUT2D eigenvalue weighted by atomic mass is 35.5. The predicted molar refractivity (Wildman–Crippen MR) is 161 cm³/mol. The number of hydrogen-bond acceptors (Lipinski definition) is 4. The Morgan fingerprint density at radius 3 is 1.95 bits per heavy atom. The van der Waals surface area contributed by atoms with Gasteiger partial charge in [-0.25, -0.2) is 8.42 Å². The number of hydrogen-bond donors (Lipinski definition) is 1. The molecule has 0 saturated heterocycles. The topological polar surface area (TPSA) is 86.8 Å². The summed E-state index contributed by atoms with van der Waals surface area (Å²) in [6.45, 7) is 9.82. The molecular weight excluding hydrogens is 546 g/mol. The summed E-state index contributed by atoms with van der Waals surface area (Å²) in [7, 11) is -4.12. The molecule has 3 rings (SSSR count). The van der Waals surface area contributed by atoms with Gasteiger partial charge in [0.25, 0.3) is 10.0 Å². The molecule has 0 saturated carbocycles. The number of amides is 2. The Morgan fingerprint density at radius 1 is 0.875 bits per heavy atom. The zero-order chi connectivity index (χ0) is 29.4. The third-order valence-electron chi connectivity index (χ3n) is 6.55. The molecule has 3 aromatic carbocycles. The lowest BCUT2D eigenvalue weighted by atomic mass is 10.1. The van der Waals surface area contributed by atoms with Gasteiger partial charge in [0.2, 0.25) is 11.8 Å². The zero-order valence-corrected chi connectivity index (χ0v) is 25.3. The summed E-state index contributed by atoms with van der Waals surface area (Å²) in [5, 5.41) is 3.38. The molecule has 9 heteroatoms. The molecule has 0 heterocycles. The molecule has 0 aromatic heterocycles. The third kappa shape index (κ3) is 8.08. The van der Waals surface area contributed by atoms with Gasteiger partial charge in [-0.15, -0.1) is 0 Å². The highest BCUT2D eigenvalue weighted by molar-refractivity contribution is 7.92. The zero-order valence-electron chi connectivity index (χ0n) is 23.7. The number of anilines is 1. The second kappa shape index (κ2) is 13.8. The number of carbonyl (C=O) groups is 2. The van der Waals surface area contributed by atoms with Crippen molar-refractivity contribution >= 4 is 39.1 Å². The molecule has 0 aliphatic heterocycles. The Morgan fingerprint density at radius 2 is 1.43 bits per heavy atom. The Kier molecular flexibility index (Phi) is 10.8. The van der Waals surface area contributed by atoms with Gasteiger partial charge in [-0.2, -0.15) is 0 Å². The minimum Gasteiger partial charge on any atom is -0.354 e. The van der Waals surface area contributed by atoms with Gasteiger partial charge in [-0.3, -0.25) is 13.9 Å². The fourth-order valence-electron chi connectivity index (χ4n) is 4.21. The minimum absolute atomic E-state index is 0.0626. The Labute approximate surface area is 243 Å². The van der Waals surface area contributed by atoms with E-state index in [1.54, 1.807) is 36.4 Å². The van der Waals surface area contributed by atoms with Gasteiger partial charge >= 0.3 is 0 Å². The maximum atomic E-state index is 14.1. The van der Waals surface area contributed by atoms with Crippen LogP contribution in [-0.4, -0.2) is 44.3 Å². The molecule has 0 bridgehead atoms. The molecule has 1 unspecified atom stereocenters. The van der Waals surface area contributed by atoms with Crippen molar-refractivity contribution in [3.63, 3.8) is 0 Å². The summed E-state index contributed by atoms with van der Waals surface area (Å²) < 4.78 is 28.8. The smallest absolute Gasteiger partial charge is 0.264 e. The van der Waals surface area contributed by atoms with Crippen molar-refractivity contribution in [2.75, 3.05) is 17.4 Å². The van der Waals surface area contributed by atoms with Crippen molar-refractivity contribution in [2.24, 2.45) is 5.92 Å². The van der Waals surface area contributed by atoms with Crippen LogP contribution in [0.25, 0.3) is 0 Å². The highest BCUT2D eigenvalue weighted by Gasteiger charge is 2.33. The number of halogens is 1. The van der Waals surface area contributed by atoms with Crippen LogP contribution in [0.1, 0.15) is 43.9 Å². The van der Waals surface area contributed by atoms with Crippen molar-refractivity contribution in [1.82, 2.24) is 10.2 Å². The Balaban J connectivity index is 2.03. The van der Waals surface area contributed by atoms with Crippen molar-refractivity contribution in [2.45, 2.75) is 58.5 Å². The molecule has 3 aromatic rings. The van der Waals surface area contributed by atoms with Gasteiger partial charge in [-0.1, -0.05) is 79.9 Å². The maximum absolute atomic E-state index is 14.1. The van der Waals surface area contributed by atoms with E-state index >= 15 is 0 Å².